The standard InChI is InChI=1S/C13H14N2S/c1-2-16-8-7-15-6-5-12-9-11(10-14)3-4-13(12)15/h3-6,9H,2,7-8H2,1H3. The number of aryl methyl sites for hydroxylation is 1. The fourth-order valence-electron chi connectivity index (χ4n) is 1.77. The third-order valence-corrected chi connectivity index (χ3v) is 3.46. The molecular formula is C13H14N2S. The SMILES string of the molecule is CCSCCn1ccc2cc(C#N)ccc21. The second kappa shape index (κ2) is 5.09. The van der Waals surface area contributed by atoms with Gasteiger partial charge < -0.3 is 4.57 Å². The molecule has 0 bridgehead atoms. The summed E-state index contributed by atoms with van der Waals surface area (Å²) in [6, 6.07) is 10.1. The van der Waals surface area contributed by atoms with Crippen molar-refractivity contribution >= 4 is 22.7 Å². The van der Waals surface area contributed by atoms with Crippen LogP contribution in [0.2, 0.25) is 0 Å². The van der Waals surface area contributed by atoms with Crippen LogP contribution >= 0.6 is 11.8 Å². The number of rotatable bonds is 4. The molecule has 0 radical (unpaired) electrons. The van der Waals surface area contributed by atoms with E-state index in [1.165, 1.54) is 5.52 Å². The molecule has 1 heterocycles. The minimum atomic E-state index is 0.730. The fourth-order valence-corrected chi connectivity index (χ4v) is 2.39. The molecule has 0 saturated heterocycles. The van der Waals surface area contributed by atoms with Gasteiger partial charge in [0.2, 0.25) is 0 Å². The van der Waals surface area contributed by atoms with Gasteiger partial charge in [-0.25, -0.2) is 0 Å². The molecule has 0 saturated carbocycles. The number of aromatic nitrogens is 1. The molecule has 0 unspecified atom stereocenters. The highest BCUT2D eigenvalue weighted by Gasteiger charge is 2.01. The molecule has 16 heavy (non-hydrogen) atoms. The molecule has 2 nitrogen and oxygen atoms in total. The third-order valence-electron chi connectivity index (χ3n) is 2.58. The number of nitriles is 1. The zero-order valence-corrected chi connectivity index (χ0v) is 10.1. The summed E-state index contributed by atoms with van der Waals surface area (Å²) in [7, 11) is 0. The minimum Gasteiger partial charge on any atom is -0.347 e. The lowest BCUT2D eigenvalue weighted by molar-refractivity contribution is 0.807. The van der Waals surface area contributed by atoms with E-state index in [4.69, 9.17) is 5.26 Å². The van der Waals surface area contributed by atoms with Gasteiger partial charge in [0.15, 0.2) is 0 Å². The highest BCUT2D eigenvalue weighted by atomic mass is 32.2. The Morgan fingerprint density at radius 1 is 1.38 bits per heavy atom. The van der Waals surface area contributed by atoms with Gasteiger partial charge in [-0.2, -0.15) is 17.0 Å². The monoisotopic (exact) mass is 230 g/mol. The molecule has 0 aliphatic heterocycles. The molecule has 2 aromatic rings. The van der Waals surface area contributed by atoms with Gasteiger partial charge >= 0.3 is 0 Å². The van der Waals surface area contributed by atoms with Crippen molar-refractivity contribution in [2.24, 2.45) is 0 Å². The number of thioether (sulfide) groups is 1. The Morgan fingerprint density at radius 3 is 3.00 bits per heavy atom. The first-order valence-corrected chi connectivity index (χ1v) is 6.57. The first-order valence-electron chi connectivity index (χ1n) is 5.42. The summed E-state index contributed by atoms with van der Waals surface area (Å²) >= 11 is 1.95. The maximum Gasteiger partial charge on any atom is 0.0991 e. The summed E-state index contributed by atoms with van der Waals surface area (Å²) in [5, 5.41) is 9.97. The van der Waals surface area contributed by atoms with Crippen LogP contribution in [-0.2, 0) is 6.54 Å². The quantitative estimate of drug-likeness (QED) is 0.754. The van der Waals surface area contributed by atoms with Crippen LogP contribution in [0.3, 0.4) is 0 Å². The first kappa shape index (κ1) is 11.1. The summed E-state index contributed by atoms with van der Waals surface area (Å²) in [6.45, 7) is 3.21. The maximum absolute atomic E-state index is 8.82. The van der Waals surface area contributed by atoms with Crippen molar-refractivity contribution in [1.29, 1.82) is 5.26 Å². The predicted molar refractivity (Wildman–Crippen MR) is 69.7 cm³/mol. The van der Waals surface area contributed by atoms with Crippen molar-refractivity contribution in [3.63, 3.8) is 0 Å². The van der Waals surface area contributed by atoms with Gasteiger partial charge in [0, 0.05) is 29.4 Å². The topological polar surface area (TPSA) is 28.7 Å². The second-order valence-electron chi connectivity index (χ2n) is 3.59. The molecule has 3 heteroatoms. The highest BCUT2D eigenvalue weighted by molar-refractivity contribution is 7.99. The Bertz CT molecular complexity index is 522. The van der Waals surface area contributed by atoms with E-state index in [0.717, 1.165) is 29.0 Å². The number of hydrogen-bond acceptors (Lipinski definition) is 2. The molecule has 2 rings (SSSR count). The van der Waals surface area contributed by atoms with Gasteiger partial charge in [-0.1, -0.05) is 6.92 Å². The van der Waals surface area contributed by atoms with E-state index in [1.54, 1.807) is 0 Å². The van der Waals surface area contributed by atoms with E-state index < -0.39 is 0 Å². The number of hydrogen-bond donors (Lipinski definition) is 0. The summed E-state index contributed by atoms with van der Waals surface area (Å²) in [5.41, 5.74) is 1.95. The molecule has 82 valence electrons. The molecule has 0 amide bonds. The van der Waals surface area contributed by atoms with Crippen molar-refractivity contribution in [2.45, 2.75) is 13.5 Å². The Morgan fingerprint density at radius 2 is 2.25 bits per heavy atom. The molecule has 1 aromatic heterocycles. The second-order valence-corrected chi connectivity index (χ2v) is 4.99. The van der Waals surface area contributed by atoms with E-state index in [0.29, 0.717) is 0 Å². The van der Waals surface area contributed by atoms with E-state index in [9.17, 15) is 0 Å². The summed E-state index contributed by atoms with van der Waals surface area (Å²) < 4.78 is 2.25. The maximum atomic E-state index is 8.82. The van der Waals surface area contributed by atoms with Crippen LogP contribution in [-0.4, -0.2) is 16.1 Å². The van der Waals surface area contributed by atoms with Gasteiger partial charge in [0.05, 0.1) is 11.6 Å². The molecule has 0 atom stereocenters. The van der Waals surface area contributed by atoms with Crippen molar-refractivity contribution in [3.8, 4) is 6.07 Å². The Balaban J connectivity index is 2.25. The zero-order valence-electron chi connectivity index (χ0n) is 9.31. The lowest BCUT2D eigenvalue weighted by atomic mass is 10.2. The molecular weight excluding hydrogens is 216 g/mol. The van der Waals surface area contributed by atoms with Gasteiger partial charge in [0.1, 0.15) is 0 Å². The van der Waals surface area contributed by atoms with Crippen molar-refractivity contribution in [2.75, 3.05) is 11.5 Å². The van der Waals surface area contributed by atoms with Crippen molar-refractivity contribution in [3.05, 3.63) is 36.0 Å². The molecule has 0 aliphatic carbocycles. The molecule has 0 aliphatic rings. The molecule has 0 N–H and O–H groups in total. The van der Waals surface area contributed by atoms with E-state index in [1.807, 2.05) is 30.0 Å². The van der Waals surface area contributed by atoms with Gasteiger partial charge in [0.25, 0.3) is 0 Å². The zero-order chi connectivity index (χ0) is 11.4. The normalized spacial score (nSPS) is 10.5. The van der Waals surface area contributed by atoms with Crippen LogP contribution in [0.1, 0.15) is 12.5 Å². The first-order chi connectivity index (χ1) is 7.85. The Kier molecular flexibility index (Phi) is 3.53. The van der Waals surface area contributed by atoms with Gasteiger partial charge in [-0.05, 0) is 30.0 Å². The van der Waals surface area contributed by atoms with E-state index in [-0.39, 0.29) is 0 Å². The van der Waals surface area contributed by atoms with Crippen molar-refractivity contribution < 1.29 is 0 Å². The Hall–Kier alpha value is -1.40. The smallest absolute Gasteiger partial charge is 0.0991 e. The Labute approximate surface area is 99.9 Å². The lowest BCUT2D eigenvalue weighted by Crippen LogP contribution is -1.98. The van der Waals surface area contributed by atoms with Crippen LogP contribution in [0.5, 0.6) is 0 Å². The predicted octanol–water partition coefficient (Wildman–Crippen LogP) is 3.27. The van der Waals surface area contributed by atoms with Gasteiger partial charge in [-0.15, -0.1) is 0 Å². The third kappa shape index (κ3) is 2.23. The molecule has 0 spiro atoms. The van der Waals surface area contributed by atoms with Crippen LogP contribution in [0.15, 0.2) is 30.5 Å². The minimum absolute atomic E-state index is 0.730. The highest BCUT2D eigenvalue weighted by Crippen LogP contribution is 2.18. The van der Waals surface area contributed by atoms with Crippen LogP contribution in [0, 0.1) is 11.3 Å². The lowest BCUT2D eigenvalue weighted by Gasteiger charge is -2.04. The fraction of sp³-hybridized carbons (Fsp3) is 0.308. The number of fused-ring (bicyclic) bond motifs is 1. The molecule has 1 aromatic carbocycles. The summed E-state index contributed by atoms with van der Waals surface area (Å²) in [5.74, 6) is 2.30. The van der Waals surface area contributed by atoms with Crippen LogP contribution in [0.25, 0.3) is 10.9 Å². The molecule has 0 fully saturated rings. The van der Waals surface area contributed by atoms with E-state index in [2.05, 4.69) is 29.8 Å². The summed E-state index contributed by atoms with van der Waals surface area (Å²) in [6.07, 6.45) is 2.10. The van der Waals surface area contributed by atoms with Crippen LogP contribution < -0.4 is 0 Å². The van der Waals surface area contributed by atoms with Crippen LogP contribution in [0.4, 0.5) is 0 Å². The largest absolute Gasteiger partial charge is 0.347 e. The van der Waals surface area contributed by atoms with Crippen molar-refractivity contribution in [1.82, 2.24) is 4.57 Å². The average molecular weight is 230 g/mol. The van der Waals surface area contributed by atoms with Gasteiger partial charge in [-0.3, -0.25) is 0 Å². The average Bonchev–Trinajstić information content (AvgIpc) is 2.72. The summed E-state index contributed by atoms with van der Waals surface area (Å²) in [4.78, 5) is 0. The van der Waals surface area contributed by atoms with E-state index >= 15 is 0 Å². The number of nitrogens with zero attached hydrogens (tertiary/aromatic N) is 2. The number of benzene rings is 1.